The van der Waals surface area contributed by atoms with Crippen LogP contribution in [0.1, 0.15) is 38.5 Å². The van der Waals surface area contributed by atoms with Gasteiger partial charge in [-0.05, 0) is 61.7 Å². The Labute approximate surface area is 231 Å². The van der Waals surface area contributed by atoms with Gasteiger partial charge in [0.15, 0.2) is 0 Å². The zero-order chi connectivity index (χ0) is 27.6. The van der Waals surface area contributed by atoms with Crippen LogP contribution in [0.2, 0.25) is 0 Å². The van der Waals surface area contributed by atoms with Gasteiger partial charge < -0.3 is 26.3 Å². The summed E-state index contributed by atoms with van der Waals surface area (Å²) < 4.78 is 15.4. The van der Waals surface area contributed by atoms with Crippen molar-refractivity contribution in [1.82, 2.24) is 15.0 Å². The first kappa shape index (κ1) is 25.9. The van der Waals surface area contributed by atoms with Gasteiger partial charge in [0.1, 0.15) is 11.6 Å². The summed E-state index contributed by atoms with van der Waals surface area (Å²) >= 11 is 0. The molecule has 206 valence electrons. The first-order chi connectivity index (χ1) is 19.4. The van der Waals surface area contributed by atoms with Gasteiger partial charge in [0.25, 0.3) is 5.56 Å². The van der Waals surface area contributed by atoms with E-state index in [0.717, 1.165) is 57.3 Å². The molecule has 9 nitrogen and oxygen atoms in total. The normalized spacial score (nSPS) is 17.8. The molecule has 1 saturated heterocycles. The number of hydrogen-bond acceptors (Lipinski definition) is 7. The van der Waals surface area contributed by atoms with Gasteiger partial charge in [0.05, 0.1) is 34.2 Å². The zero-order valence-electron chi connectivity index (χ0n) is 22.1. The molecule has 1 amide bonds. The Kier molecular flexibility index (Phi) is 7.17. The average Bonchev–Trinajstić information content (AvgIpc) is 3.40. The number of amides is 1. The highest BCUT2D eigenvalue weighted by Crippen LogP contribution is 2.32. The van der Waals surface area contributed by atoms with Crippen molar-refractivity contribution in [3.63, 3.8) is 0 Å². The first-order valence-electron chi connectivity index (χ1n) is 13.8. The quantitative estimate of drug-likeness (QED) is 0.273. The van der Waals surface area contributed by atoms with Crippen molar-refractivity contribution in [2.75, 3.05) is 28.6 Å². The Morgan fingerprint density at radius 3 is 2.65 bits per heavy atom. The molecule has 5 N–H and O–H groups in total. The number of anilines is 4. The van der Waals surface area contributed by atoms with Gasteiger partial charge in [-0.15, -0.1) is 0 Å². The largest absolute Gasteiger partial charge is 0.369 e. The van der Waals surface area contributed by atoms with Gasteiger partial charge in [0, 0.05) is 42.5 Å². The van der Waals surface area contributed by atoms with Crippen LogP contribution < -0.4 is 26.8 Å². The lowest BCUT2D eigenvalue weighted by atomic mass is 9.88. The lowest BCUT2D eigenvalue weighted by Gasteiger charge is -2.20. The third-order valence-corrected chi connectivity index (χ3v) is 7.82. The Morgan fingerprint density at radius 2 is 1.93 bits per heavy atom. The average molecular weight is 542 g/mol. The lowest BCUT2D eigenvalue weighted by Crippen LogP contribution is -2.26. The van der Waals surface area contributed by atoms with E-state index in [1.54, 1.807) is 30.5 Å². The number of pyridine rings is 3. The standard InChI is InChI=1S/C30H32FN7O2/c31-23-14-20(35-29(39)18-4-2-1-3-5-18)6-8-22(23)25-15-26(28-24(36-25)10-12-33-30(28)40)37-27-9-7-21(16-34-27)38-13-11-19(32)17-38/h6-10,12,14-16,18-19H,1-5,11,13,17,32H2,(H,33,40)(H,35,39)(H,34,36,37)/t19-/m1/s1. The van der Waals surface area contributed by atoms with E-state index in [1.165, 1.54) is 12.3 Å². The second-order valence-corrected chi connectivity index (χ2v) is 10.7. The smallest absolute Gasteiger partial charge is 0.259 e. The molecule has 6 rings (SSSR count). The SMILES string of the molecule is N[C@@H]1CCN(c2ccc(Nc3cc(-c4ccc(NC(=O)C5CCCCC5)cc4F)nc4cc[nH]c(=O)c34)nc2)C1. The molecule has 2 aliphatic rings. The van der Waals surface area contributed by atoms with Crippen LogP contribution in [0.3, 0.4) is 0 Å². The van der Waals surface area contributed by atoms with Gasteiger partial charge in [0.2, 0.25) is 5.91 Å². The van der Waals surface area contributed by atoms with Gasteiger partial charge in [-0.1, -0.05) is 19.3 Å². The van der Waals surface area contributed by atoms with E-state index in [1.807, 2.05) is 12.1 Å². The molecule has 1 aromatic carbocycles. The summed E-state index contributed by atoms with van der Waals surface area (Å²) in [4.78, 5) is 39.4. The highest BCUT2D eigenvalue weighted by molar-refractivity contribution is 5.95. The highest BCUT2D eigenvalue weighted by Gasteiger charge is 2.22. The maximum absolute atomic E-state index is 15.4. The predicted molar refractivity (Wildman–Crippen MR) is 155 cm³/mol. The van der Waals surface area contributed by atoms with E-state index < -0.39 is 5.82 Å². The summed E-state index contributed by atoms with van der Waals surface area (Å²) in [5, 5.41) is 6.43. The van der Waals surface area contributed by atoms with Crippen molar-refractivity contribution in [2.24, 2.45) is 11.7 Å². The molecule has 1 saturated carbocycles. The Bertz CT molecular complexity index is 1600. The molecule has 0 bridgehead atoms. The van der Waals surface area contributed by atoms with Crippen molar-refractivity contribution in [3.05, 3.63) is 71.0 Å². The van der Waals surface area contributed by atoms with Crippen molar-refractivity contribution < 1.29 is 9.18 Å². The van der Waals surface area contributed by atoms with Gasteiger partial charge in [-0.25, -0.2) is 14.4 Å². The molecule has 10 heteroatoms. The van der Waals surface area contributed by atoms with Crippen LogP contribution in [-0.4, -0.2) is 40.0 Å². The Balaban J connectivity index is 1.28. The fourth-order valence-electron chi connectivity index (χ4n) is 5.65. The van der Waals surface area contributed by atoms with Crippen LogP contribution in [0.5, 0.6) is 0 Å². The fourth-order valence-corrected chi connectivity index (χ4v) is 5.65. The molecule has 0 radical (unpaired) electrons. The maximum atomic E-state index is 15.4. The summed E-state index contributed by atoms with van der Waals surface area (Å²) in [6.45, 7) is 1.68. The summed E-state index contributed by atoms with van der Waals surface area (Å²) in [7, 11) is 0. The van der Waals surface area contributed by atoms with Crippen LogP contribution >= 0.6 is 0 Å². The topological polar surface area (TPSA) is 129 Å². The number of rotatable bonds is 6. The number of halogens is 1. The van der Waals surface area contributed by atoms with Gasteiger partial charge in [-0.2, -0.15) is 0 Å². The number of H-pyrrole nitrogens is 1. The Hall–Kier alpha value is -4.31. The summed E-state index contributed by atoms with van der Waals surface area (Å²) in [5.74, 6) is -0.0703. The van der Waals surface area contributed by atoms with E-state index in [-0.39, 0.29) is 29.0 Å². The molecule has 2 fully saturated rings. The monoisotopic (exact) mass is 541 g/mol. The molecule has 40 heavy (non-hydrogen) atoms. The number of nitrogens with zero attached hydrogens (tertiary/aromatic N) is 3. The van der Waals surface area contributed by atoms with Crippen LogP contribution in [0.15, 0.2) is 59.7 Å². The molecule has 3 aromatic heterocycles. The van der Waals surface area contributed by atoms with Crippen LogP contribution in [-0.2, 0) is 4.79 Å². The molecule has 4 aromatic rings. The van der Waals surface area contributed by atoms with Crippen LogP contribution in [0.4, 0.5) is 27.3 Å². The fraction of sp³-hybridized carbons (Fsp3) is 0.333. The number of aromatic amines is 1. The number of hydrogen-bond donors (Lipinski definition) is 4. The minimum atomic E-state index is -0.518. The summed E-state index contributed by atoms with van der Waals surface area (Å²) in [6, 6.07) is 11.9. The lowest BCUT2D eigenvalue weighted by molar-refractivity contribution is -0.120. The third-order valence-electron chi connectivity index (χ3n) is 7.82. The second kappa shape index (κ2) is 11.1. The van der Waals surface area contributed by atoms with Gasteiger partial charge in [-0.3, -0.25) is 9.59 Å². The molecule has 1 atom stereocenters. The predicted octanol–water partition coefficient (Wildman–Crippen LogP) is 4.92. The third kappa shape index (κ3) is 5.40. The van der Waals surface area contributed by atoms with Crippen LogP contribution in [0, 0.1) is 11.7 Å². The highest BCUT2D eigenvalue weighted by atomic mass is 19.1. The van der Waals surface area contributed by atoms with Gasteiger partial charge >= 0.3 is 0 Å². The van der Waals surface area contributed by atoms with Crippen molar-refractivity contribution >= 4 is 39.7 Å². The summed E-state index contributed by atoms with van der Waals surface area (Å²) in [5.41, 5.74) is 8.60. The van der Waals surface area contributed by atoms with Crippen LogP contribution in [0.25, 0.3) is 22.2 Å². The van der Waals surface area contributed by atoms with E-state index in [2.05, 4.69) is 30.5 Å². The van der Waals surface area contributed by atoms with Crippen molar-refractivity contribution in [1.29, 1.82) is 0 Å². The maximum Gasteiger partial charge on any atom is 0.259 e. The molecule has 1 aliphatic heterocycles. The zero-order valence-corrected chi connectivity index (χ0v) is 22.1. The number of carbonyl (C=O) groups excluding carboxylic acids is 1. The van der Waals surface area contributed by atoms with Crippen molar-refractivity contribution in [2.45, 2.75) is 44.6 Å². The van der Waals surface area contributed by atoms with Crippen molar-refractivity contribution in [3.8, 4) is 11.3 Å². The number of aromatic nitrogens is 3. The number of nitrogens with two attached hydrogens (primary N) is 1. The minimum Gasteiger partial charge on any atom is -0.369 e. The molecule has 4 heterocycles. The van der Waals surface area contributed by atoms with E-state index >= 15 is 4.39 Å². The molecular formula is C30H32FN7O2. The number of carbonyl (C=O) groups is 1. The molecule has 0 spiro atoms. The molecule has 1 aliphatic carbocycles. The number of fused-ring (bicyclic) bond motifs is 1. The minimum absolute atomic E-state index is 0.0269. The summed E-state index contributed by atoms with van der Waals surface area (Å²) in [6.07, 6.45) is 9.21. The Morgan fingerprint density at radius 1 is 1.07 bits per heavy atom. The van der Waals surface area contributed by atoms with E-state index in [9.17, 15) is 9.59 Å². The molecule has 0 unspecified atom stereocenters. The number of benzene rings is 1. The number of nitrogens with one attached hydrogen (secondary N) is 3. The van der Waals surface area contributed by atoms with E-state index in [0.29, 0.717) is 33.8 Å². The van der Waals surface area contributed by atoms with E-state index in [4.69, 9.17) is 5.73 Å². The molecular weight excluding hydrogens is 509 g/mol. The second-order valence-electron chi connectivity index (χ2n) is 10.7. The first-order valence-corrected chi connectivity index (χ1v) is 13.8.